The number of fused-ring (bicyclic) bond motifs is 2. The summed E-state index contributed by atoms with van der Waals surface area (Å²) in [6.07, 6.45) is 3.57. The molecule has 1 aliphatic carbocycles. The number of benzene rings is 3. The zero-order valence-corrected chi connectivity index (χ0v) is 21.5. The summed E-state index contributed by atoms with van der Waals surface area (Å²) < 4.78 is 3.39. The van der Waals surface area contributed by atoms with Gasteiger partial charge in [-0.3, -0.25) is 4.79 Å². The number of aromatic nitrogens is 2. The number of para-hydroxylation sites is 2. The Kier molecular flexibility index (Phi) is 5.30. The van der Waals surface area contributed by atoms with Crippen molar-refractivity contribution in [2.75, 3.05) is 0 Å². The Morgan fingerprint density at radius 1 is 0.914 bits per heavy atom. The van der Waals surface area contributed by atoms with Gasteiger partial charge in [-0.15, -0.1) is 0 Å². The highest BCUT2D eigenvalue weighted by molar-refractivity contribution is 9.10. The SMILES string of the molecule is CC1(C)CC(=O)c2cc(C(c3cccc(Br)c3)c3c[nH]c4ccccc34)n(-c3ccccc3)c2C1. The summed E-state index contributed by atoms with van der Waals surface area (Å²) in [4.78, 5) is 16.9. The van der Waals surface area contributed by atoms with E-state index in [4.69, 9.17) is 0 Å². The fraction of sp³-hybridized carbons (Fsp3) is 0.194. The predicted molar refractivity (Wildman–Crippen MR) is 146 cm³/mol. The molecular weight excluding hydrogens is 496 g/mol. The maximum atomic E-state index is 13.4. The van der Waals surface area contributed by atoms with Gasteiger partial charge in [-0.1, -0.05) is 78.3 Å². The predicted octanol–water partition coefficient (Wildman–Crippen LogP) is 8.06. The lowest BCUT2D eigenvalue weighted by atomic mass is 9.76. The molecule has 174 valence electrons. The lowest BCUT2D eigenvalue weighted by molar-refractivity contribution is 0.0911. The van der Waals surface area contributed by atoms with Crippen LogP contribution in [0.1, 0.15) is 59.1 Å². The van der Waals surface area contributed by atoms with Gasteiger partial charge in [0.15, 0.2) is 5.78 Å². The number of halogens is 1. The zero-order valence-electron chi connectivity index (χ0n) is 19.9. The van der Waals surface area contributed by atoms with Crippen LogP contribution in [0.5, 0.6) is 0 Å². The van der Waals surface area contributed by atoms with Crippen molar-refractivity contribution in [2.45, 2.75) is 32.6 Å². The minimum Gasteiger partial charge on any atom is -0.361 e. The fourth-order valence-electron chi connectivity index (χ4n) is 5.66. The molecule has 0 spiro atoms. The summed E-state index contributed by atoms with van der Waals surface area (Å²) in [5.41, 5.74) is 7.63. The van der Waals surface area contributed by atoms with Gasteiger partial charge in [0.2, 0.25) is 0 Å². The summed E-state index contributed by atoms with van der Waals surface area (Å²) in [6, 6.07) is 29.6. The molecule has 35 heavy (non-hydrogen) atoms. The molecule has 1 N–H and O–H groups in total. The van der Waals surface area contributed by atoms with Crippen LogP contribution in [0.15, 0.2) is 95.6 Å². The van der Waals surface area contributed by atoms with E-state index in [2.05, 4.69) is 124 Å². The first-order valence-electron chi connectivity index (χ1n) is 12.1. The van der Waals surface area contributed by atoms with E-state index >= 15 is 0 Å². The Morgan fingerprint density at radius 2 is 1.69 bits per heavy atom. The standard InChI is InChI=1S/C31H27BrN2O/c1-31(2)17-28-24(29(35)18-31)16-27(34(28)22-11-4-3-5-12-22)30(20-9-8-10-21(32)15-20)25-19-33-26-14-7-6-13-23(25)26/h3-16,19,30,33H,17-18H2,1-2H3. The lowest BCUT2D eigenvalue weighted by Gasteiger charge is -2.30. The molecule has 4 heteroatoms. The van der Waals surface area contributed by atoms with Crippen molar-refractivity contribution in [1.29, 1.82) is 0 Å². The third-order valence-corrected chi connectivity index (χ3v) is 7.63. The highest BCUT2D eigenvalue weighted by atomic mass is 79.9. The normalized spacial score (nSPS) is 15.8. The van der Waals surface area contributed by atoms with Crippen molar-refractivity contribution in [3.63, 3.8) is 0 Å². The van der Waals surface area contributed by atoms with E-state index in [1.807, 2.05) is 6.07 Å². The Balaban J connectivity index is 1.68. The van der Waals surface area contributed by atoms with Gasteiger partial charge in [0.05, 0.1) is 5.92 Å². The molecule has 0 fully saturated rings. The Labute approximate surface area is 213 Å². The van der Waals surface area contributed by atoms with Crippen molar-refractivity contribution in [2.24, 2.45) is 5.41 Å². The Morgan fingerprint density at radius 3 is 2.49 bits per heavy atom. The van der Waals surface area contributed by atoms with Crippen LogP contribution in [0.4, 0.5) is 0 Å². The van der Waals surface area contributed by atoms with Crippen molar-refractivity contribution in [3.05, 3.63) is 124 Å². The second-order valence-corrected chi connectivity index (χ2v) is 11.2. The van der Waals surface area contributed by atoms with Gasteiger partial charge in [-0.2, -0.15) is 0 Å². The fourth-order valence-corrected chi connectivity index (χ4v) is 6.07. The highest BCUT2D eigenvalue weighted by Crippen LogP contribution is 2.43. The third-order valence-electron chi connectivity index (χ3n) is 7.14. The van der Waals surface area contributed by atoms with Crippen molar-refractivity contribution in [3.8, 4) is 5.69 Å². The molecule has 0 radical (unpaired) electrons. The quantitative estimate of drug-likeness (QED) is 0.254. The zero-order chi connectivity index (χ0) is 24.2. The van der Waals surface area contributed by atoms with Crippen LogP contribution in [0.3, 0.4) is 0 Å². The average molecular weight is 523 g/mol. The van der Waals surface area contributed by atoms with Crippen LogP contribution in [0.2, 0.25) is 0 Å². The number of ketones is 1. The first-order valence-corrected chi connectivity index (χ1v) is 12.9. The van der Waals surface area contributed by atoms with Gasteiger partial charge in [0, 0.05) is 50.6 Å². The number of H-pyrrole nitrogens is 1. The number of Topliss-reactive ketones (excluding diaryl/α,β-unsaturated/α-hetero) is 1. The van der Waals surface area contributed by atoms with Crippen LogP contribution in [-0.4, -0.2) is 15.3 Å². The molecule has 0 amide bonds. The van der Waals surface area contributed by atoms with E-state index in [1.54, 1.807) is 0 Å². The van der Waals surface area contributed by atoms with E-state index < -0.39 is 0 Å². The van der Waals surface area contributed by atoms with E-state index in [-0.39, 0.29) is 17.1 Å². The molecule has 2 heterocycles. The Hall–Kier alpha value is -3.37. The van der Waals surface area contributed by atoms with Gasteiger partial charge in [-0.25, -0.2) is 0 Å². The summed E-state index contributed by atoms with van der Waals surface area (Å²) in [5.74, 6) is 0.185. The maximum Gasteiger partial charge on any atom is 0.165 e. The number of nitrogens with one attached hydrogen (secondary N) is 1. The molecule has 3 nitrogen and oxygen atoms in total. The van der Waals surface area contributed by atoms with Gasteiger partial charge >= 0.3 is 0 Å². The molecule has 6 rings (SSSR count). The lowest BCUT2D eigenvalue weighted by Crippen LogP contribution is -2.28. The van der Waals surface area contributed by atoms with E-state index in [0.29, 0.717) is 6.42 Å². The molecular formula is C31H27BrN2O. The molecule has 2 aromatic heterocycles. The monoisotopic (exact) mass is 522 g/mol. The molecule has 0 bridgehead atoms. The highest BCUT2D eigenvalue weighted by Gasteiger charge is 2.37. The summed E-state index contributed by atoms with van der Waals surface area (Å²) in [5, 5.41) is 1.20. The van der Waals surface area contributed by atoms with Gasteiger partial charge in [0.25, 0.3) is 0 Å². The third kappa shape index (κ3) is 3.86. The Bertz CT molecular complexity index is 1560. The first kappa shape index (κ1) is 22.1. The molecule has 0 aliphatic heterocycles. The van der Waals surface area contributed by atoms with Gasteiger partial charge in [-0.05, 0) is 59.4 Å². The maximum absolute atomic E-state index is 13.4. The summed E-state index contributed by atoms with van der Waals surface area (Å²) >= 11 is 3.69. The number of rotatable bonds is 4. The number of hydrogen-bond donors (Lipinski definition) is 1. The molecule has 0 saturated carbocycles. The minimum atomic E-state index is -0.0711. The van der Waals surface area contributed by atoms with Crippen LogP contribution in [0.25, 0.3) is 16.6 Å². The summed E-state index contributed by atoms with van der Waals surface area (Å²) in [6.45, 7) is 4.39. The molecule has 3 aromatic carbocycles. The van der Waals surface area contributed by atoms with Crippen LogP contribution in [-0.2, 0) is 6.42 Å². The van der Waals surface area contributed by atoms with Crippen LogP contribution >= 0.6 is 15.9 Å². The van der Waals surface area contributed by atoms with Gasteiger partial charge in [0.1, 0.15) is 0 Å². The van der Waals surface area contributed by atoms with E-state index in [9.17, 15) is 4.79 Å². The topological polar surface area (TPSA) is 37.8 Å². The molecule has 1 unspecified atom stereocenters. The number of nitrogens with zero attached hydrogens (tertiary/aromatic N) is 1. The number of carbonyl (C=O) groups excluding carboxylic acids is 1. The summed E-state index contributed by atoms with van der Waals surface area (Å²) in [7, 11) is 0. The van der Waals surface area contributed by atoms with Gasteiger partial charge < -0.3 is 9.55 Å². The van der Waals surface area contributed by atoms with Crippen LogP contribution < -0.4 is 0 Å². The van der Waals surface area contributed by atoms with Crippen molar-refractivity contribution >= 4 is 32.6 Å². The molecule has 0 saturated heterocycles. The second-order valence-electron chi connectivity index (χ2n) is 10.3. The number of aromatic amines is 1. The second kappa shape index (κ2) is 8.39. The average Bonchev–Trinajstić information content (AvgIpc) is 3.42. The molecule has 1 aliphatic rings. The smallest absolute Gasteiger partial charge is 0.165 e. The first-order chi connectivity index (χ1) is 16.9. The molecule has 5 aromatic rings. The van der Waals surface area contributed by atoms with Crippen LogP contribution in [0, 0.1) is 5.41 Å². The number of carbonyl (C=O) groups is 1. The number of hydrogen-bond acceptors (Lipinski definition) is 1. The molecule has 1 atom stereocenters. The minimum absolute atomic E-state index is 0.0506. The van der Waals surface area contributed by atoms with E-state index in [1.165, 1.54) is 16.5 Å². The van der Waals surface area contributed by atoms with E-state index in [0.717, 1.165) is 39.0 Å². The largest absolute Gasteiger partial charge is 0.361 e. The van der Waals surface area contributed by atoms with Crippen molar-refractivity contribution < 1.29 is 4.79 Å². The van der Waals surface area contributed by atoms with Crippen molar-refractivity contribution in [1.82, 2.24) is 9.55 Å².